The lowest BCUT2D eigenvalue weighted by molar-refractivity contribution is -0.128. The molecule has 15 heavy (non-hydrogen) atoms. The molecule has 0 aromatic heterocycles. The van der Waals surface area contributed by atoms with Crippen LogP contribution in [0.5, 0.6) is 0 Å². The van der Waals surface area contributed by atoms with Crippen LogP contribution in [0.3, 0.4) is 0 Å². The van der Waals surface area contributed by atoms with Gasteiger partial charge in [-0.15, -0.1) is 0 Å². The molecule has 0 radical (unpaired) electrons. The SMILES string of the molecule is C=C(C)C(=O)NOC/C=C/CCCCC. The zero-order valence-corrected chi connectivity index (χ0v) is 9.71. The Labute approximate surface area is 92.2 Å². The number of allylic oxidation sites excluding steroid dienone is 1. The molecule has 3 nitrogen and oxygen atoms in total. The van der Waals surface area contributed by atoms with Gasteiger partial charge in [-0.1, -0.05) is 38.5 Å². The second kappa shape index (κ2) is 9.46. The molecule has 0 spiro atoms. The first-order valence-electron chi connectivity index (χ1n) is 5.41. The minimum Gasteiger partial charge on any atom is -0.269 e. The van der Waals surface area contributed by atoms with E-state index in [-0.39, 0.29) is 5.91 Å². The van der Waals surface area contributed by atoms with Gasteiger partial charge in [0.25, 0.3) is 5.91 Å². The fourth-order valence-corrected chi connectivity index (χ4v) is 0.941. The number of carbonyl (C=O) groups excluding carboxylic acids is 1. The van der Waals surface area contributed by atoms with Crippen LogP contribution < -0.4 is 5.48 Å². The van der Waals surface area contributed by atoms with Gasteiger partial charge in [0, 0.05) is 5.57 Å². The Morgan fingerprint density at radius 3 is 2.73 bits per heavy atom. The highest BCUT2D eigenvalue weighted by Gasteiger charge is 1.98. The minimum absolute atomic E-state index is 0.269. The molecule has 0 aliphatic heterocycles. The summed E-state index contributed by atoms with van der Waals surface area (Å²) in [5.41, 5.74) is 2.74. The number of hydrogen-bond acceptors (Lipinski definition) is 2. The van der Waals surface area contributed by atoms with Crippen LogP contribution in [0, 0.1) is 0 Å². The molecule has 0 saturated heterocycles. The number of carbonyl (C=O) groups is 1. The largest absolute Gasteiger partial charge is 0.269 e. The Morgan fingerprint density at radius 2 is 2.13 bits per heavy atom. The lowest BCUT2D eigenvalue weighted by Crippen LogP contribution is -2.23. The van der Waals surface area contributed by atoms with Crippen molar-refractivity contribution < 1.29 is 9.63 Å². The van der Waals surface area contributed by atoms with E-state index in [1.54, 1.807) is 6.92 Å². The molecule has 3 heteroatoms. The number of amides is 1. The molecule has 0 rings (SSSR count). The van der Waals surface area contributed by atoms with Crippen molar-refractivity contribution in [3.05, 3.63) is 24.3 Å². The molecular formula is C12H21NO2. The summed E-state index contributed by atoms with van der Waals surface area (Å²) in [6.45, 7) is 7.72. The Balaban J connectivity index is 3.30. The standard InChI is InChI=1S/C12H21NO2/c1-4-5-6-7-8-9-10-15-13-12(14)11(2)3/h8-9H,2,4-7,10H2,1,3H3,(H,13,14)/b9-8+. The Morgan fingerprint density at radius 1 is 1.40 bits per heavy atom. The molecule has 0 unspecified atom stereocenters. The summed E-state index contributed by atoms with van der Waals surface area (Å²) in [5, 5.41) is 0. The van der Waals surface area contributed by atoms with Crippen molar-refractivity contribution in [2.45, 2.75) is 39.5 Å². The van der Waals surface area contributed by atoms with E-state index < -0.39 is 0 Å². The Hall–Kier alpha value is -1.09. The van der Waals surface area contributed by atoms with Crippen LogP contribution in [0.1, 0.15) is 39.5 Å². The van der Waals surface area contributed by atoms with E-state index >= 15 is 0 Å². The van der Waals surface area contributed by atoms with Gasteiger partial charge in [-0.05, 0) is 19.8 Å². The normalized spacial score (nSPS) is 10.5. The average Bonchev–Trinajstić information content (AvgIpc) is 2.21. The highest BCUT2D eigenvalue weighted by molar-refractivity contribution is 5.91. The van der Waals surface area contributed by atoms with E-state index in [4.69, 9.17) is 4.84 Å². The maximum absolute atomic E-state index is 11.0. The van der Waals surface area contributed by atoms with Crippen LogP contribution >= 0.6 is 0 Å². The van der Waals surface area contributed by atoms with Crippen molar-refractivity contribution in [2.75, 3.05) is 6.61 Å². The van der Waals surface area contributed by atoms with Gasteiger partial charge in [0.05, 0.1) is 6.61 Å². The van der Waals surface area contributed by atoms with Crippen molar-refractivity contribution >= 4 is 5.91 Å². The first kappa shape index (κ1) is 13.9. The third-order valence-corrected chi connectivity index (χ3v) is 1.87. The summed E-state index contributed by atoms with van der Waals surface area (Å²) in [6, 6.07) is 0. The number of unbranched alkanes of at least 4 members (excludes halogenated alkanes) is 3. The fourth-order valence-electron chi connectivity index (χ4n) is 0.941. The van der Waals surface area contributed by atoms with Crippen LogP contribution in [-0.4, -0.2) is 12.5 Å². The number of rotatable bonds is 8. The van der Waals surface area contributed by atoms with E-state index in [1.165, 1.54) is 19.3 Å². The van der Waals surface area contributed by atoms with Gasteiger partial charge in [0.2, 0.25) is 0 Å². The van der Waals surface area contributed by atoms with Crippen LogP contribution in [0.15, 0.2) is 24.3 Å². The van der Waals surface area contributed by atoms with E-state index in [0.717, 1.165) is 6.42 Å². The van der Waals surface area contributed by atoms with Crippen molar-refractivity contribution in [3.8, 4) is 0 Å². The number of nitrogens with one attached hydrogen (secondary N) is 1. The second-order valence-corrected chi connectivity index (χ2v) is 3.49. The van der Waals surface area contributed by atoms with Gasteiger partial charge in [-0.3, -0.25) is 9.63 Å². The smallest absolute Gasteiger partial charge is 0.269 e. The number of hydrogen-bond donors (Lipinski definition) is 1. The molecule has 0 aliphatic rings. The minimum atomic E-state index is -0.269. The summed E-state index contributed by atoms with van der Waals surface area (Å²) in [5.74, 6) is -0.269. The lowest BCUT2D eigenvalue weighted by Gasteiger charge is -2.01. The quantitative estimate of drug-likeness (QED) is 0.290. The molecule has 1 N–H and O–H groups in total. The highest BCUT2D eigenvalue weighted by atomic mass is 16.6. The summed E-state index contributed by atoms with van der Waals surface area (Å²) < 4.78 is 0. The summed E-state index contributed by atoms with van der Waals surface area (Å²) in [6.07, 6.45) is 8.77. The highest BCUT2D eigenvalue weighted by Crippen LogP contribution is 1.99. The topological polar surface area (TPSA) is 38.3 Å². The van der Waals surface area contributed by atoms with E-state index in [1.807, 2.05) is 6.08 Å². The lowest BCUT2D eigenvalue weighted by atomic mass is 10.2. The molecule has 0 aromatic carbocycles. The van der Waals surface area contributed by atoms with Gasteiger partial charge in [-0.2, -0.15) is 0 Å². The number of hydroxylamine groups is 1. The molecule has 0 saturated carbocycles. The molecular weight excluding hydrogens is 190 g/mol. The summed E-state index contributed by atoms with van der Waals surface area (Å²) in [7, 11) is 0. The Bertz CT molecular complexity index is 222. The summed E-state index contributed by atoms with van der Waals surface area (Å²) >= 11 is 0. The van der Waals surface area contributed by atoms with Gasteiger partial charge in [-0.25, -0.2) is 5.48 Å². The molecule has 0 atom stereocenters. The fraction of sp³-hybridized carbons (Fsp3) is 0.583. The molecule has 1 amide bonds. The van der Waals surface area contributed by atoms with E-state index in [0.29, 0.717) is 12.2 Å². The van der Waals surface area contributed by atoms with Gasteiger partial charge in [0.1, 0.15) is 0 Å². The third kappa shape index (κ3) is 9.22. The van der Waals surface area contributed by atoms with Crippen LogP contribution in [0.25, 0.3) is 0 Å². The van der Waals surface area contributed by atoms with Gasteiger partial charge in [0.15, 0.2) is 0 Å². The maximum Gasteiger partial charge on any atom is 0.269 e. The van der Waals surface area contributed by atoms with Crippen molar-refractivity contribution in [1.29, 1.82) is 0 Å². The first-order valence-corrected chi connectivity index (χ1v) is 5.41. The van der Waals surface area contributed by atoms with Crippen molar-refractivity contribution in [2.24, 2.45) is 0 Å². The molecule has 0 heterocycles. The Kier molecular flexibility index (Phi) is 8.78. The molecule has 0 aromatic rings. The monoisotopic (exact) mass is 211 g/mol. The predicted octanol–water partition coefficient (Wildman–Crippen LogP) is 2.75. The molecule has 0 bridgehead atoms. The third-order valence-electron chi connectivity index (χ3n) is 1.87. The second-order valence-electron chi connectivity index (χ2n) is 3.49. The van der Waals surface area contributed by atoms with Crippen molar-refractivity contribution in [3.63, 3.8) is 0 Å². The zero-order valence-electron chi connectivity index (χ0n) is 9.71. The van der Waals surface area contributed by atoms with Crippen LogP contribution in [0.4, 0.5) is 0 Å². The molecule has 86 valence electrons. The van der Waals surface area contributed by atoms with Gasteiger partial charge < -0.3 is 0 Å². The van der Waals surface area contributed by atoms with E-state index in [9.17, 15) is 4.79 Å². The van der Waals surface area contributed by atoms with Crippen LogP contribution in [-0.2, 0) is 9.63 Å². The van der Waals surface area contributed by atoms with Gasteiger partial charge >= 0.3 is 0 Å². The molecule has 0 fully saturated rings. The maximum atomic E-state index is 11.0. The first-order chi connectivity index (χ1) is 7.18. The van der Waals surface area contributed by atoms with E-state index in [2.05, 4.69) is 25.1 Å². The predicted molar refractivity (Wildman–Crippen MR) is 62.2 cm³/mol. The van der Waals surface area contributed by atoms with Crippen molar-refractivity contribution in [1.82, 2.24) is 5.48 Å². The summed E-state index contributed by atoms with van der Waals surface area (Å²) in [4.78, 5) is 15.9. The molecule has 0 aliphatic carbocycles. The average molecular weight is 211 g/mol. The zero-order chi connectivity index (χ0) is 11.5. The van der Waals surface area contributed by atoms with Crippen LogP contribution in [0.2, 0.25) is 0 Å².